The van der Waals surface area contributed by atoms with Gasteiger partial charge in [-0.3, -0.25) is 14.5 Å². The van der Waals surface area contributed by atoms with Gasteiger partial charge in [-0.25, -0.2) is 4.98 Å². The molecule has 0 saturated carbocycles. The molecule has 3 aromatic rings. The number of H-pyrrole nitrogens is 1. The van der Waals surface area contributed by atoms with Crippen LogP contribution in [0.2, 0.25) is 0 Å². The van der Waals surface area contributed by atoms with Crippen LogP contribution in [0.5, 0.6) is 5.88 Å². The number of hydrogen-bond acceptors (Lipinski definition) is 5. The van der Waals surface area contributed by atoms with Crippen molar-refractivity contribution >= 4 is 18.1 Å². The number of carbonyl (C=O) groups is 1. The molecule has 0 aliphatic heterocycles. The van der Waals surface area contributed by atoms with Crippen LogP contribution in [0.4, 0.5) is 0 Å². The lowest BCUT2D eigenvalue weighted by atomic mass is 10.1. The van der Waals surface area contributed by atoms with E-state index in [4.69, 9.17) is 17.0 Å². The highest BCUT2D eigenvalue weighted by atomic mass is 32.1. The predicted octanol–water partition coefficient (Wildman–Crippen LogP) is 3.03. The van der Waals surface area contributed by atoms with E-state index in [2.05, 4.69) is 20.5 Å². The fourth-order valence-electron chi connectivity index (χ4n) is 2.69. The zero-order valence-electron chi connectivity index (χ0n) is 15.2. The van der Waals surface area contributed by atoms with E-state index in [1.54, 1.807) is 10.8 Å². The van der Waals surface area contributed by atoms with E-state index in [1.807, 2.05) is 50.2 Å². The third-order valence-corrected chi connectivity index (χ3v) is 4.25. The quantitative estimate of drug-likeness (QED) is 0.613. The Hall–Kier alpha value is -3.00. The Morgan fingerprint density at radius 1 is 1.33 bits per heavy atom. The highest BCUT2D eigenvalue weighted by Crippen LogP contribution is 2.18. The van der Waals surface area contributed by atoms with E-state index in [0.29, 0.717) is 29.6 Å². The van der Waals surface area contributed by atoms with Crippen molar-refractivity contribution < 1.29 is 9.53 Å². The van der Waals surface area contributed by atoms with Crippen LogP contribution in [0, 0.1) is 11.7 Å². The summed E-state index contributed by atoms with van der Waals surface area (Å²) in [5.41, 5.74) is 2.83. The molecular formula is C19H21N5O2S. The van der Waals surface area contributed by atoms with E-state index in [9.17, 15) is 4.79 Å². The number of nitrogens with zero attached hydrogens (tertiary/aromatic N) is 3. The van der Waals surface area contributed by atoms with E-state index in [-0.39, 0.29) is 12.5 Å². The van der Waals surface area contributed by atoms with Gasteiger partial charge in [0.25, 0.3) is 0 Å². The van der Waals surface area contributed by atoms with Crippen molar-refractivity contribution in [1.82, 2.24) is 25.1 Å². The van der Waals surface area contributed by atoms with Crippen molar-refractivity contribution in [2.24, 2.45) is 0 Å². The van der Waals surface area contributed by atoms with Gasteiger partial charge >= 0.3 is 0 Å². The van der Waals surface area contributed by atoms with Gasteiger partial charge in [0.2, 0.25) is 11.8 Å². The van der Waals surface area contributed by atoms with Crippen LogP contribution in [0.25, 0.3) is 11.4 Å². The fraction of sp³-hybridized carbons (Fsp3) is 0.263. The van der Waals surface area contributed by atoms with Crippen LogP contribution in [-0.2, 0) is 17.9 Å². The van der Waals surface area contributed by atoms with Crippen LogP contribution >= 0.6 is 12.2 Å². The lowest BCUT2D eigenvalue weighted by molar-refractivity contribution is -0.121. The van der Waals surface area contributed by atoms with E-state index in [1.165, 1.54) is 0 Å². The third-order valence-electron chi connectivity index (χ3n) is 3.94. The summed E-state index contributed by atoms with van der Waals surface area (Å²) in [5.74, 6) is 0.989. The van der Waals surface area contributed by atoms with Gasteiger partial charge in [-0.15, -0.1) is 0 Å². The molecule has 2 N–H and O–H groups in total. The van der Waals surface area contributed by atoms with Gasteiger partial charge in [-0.2, -0.15) is 5.10 Å². The maximum Gasteiger partial charge on any atom is 0.240 e. The van der Waals surface area contributed by atoms with Gasteiger partial charge in [0.1, 0.15) is 6.54 Å². The molecule has 1 amide bonds. The molecule has 0 unspecified atom stereocenters. The summed E-state index contributed by atoms with van der Waals surface area (Å²) in [6.45, 7) is 4.81. The van der Waals surface area contributed by atoms with Gasteiger partial charge in [0, 0.05) is 23.9 Å². The number of ether oxygens (including phenoxy) is 1. The summed E-state index contributed by atoms with van der Waals surface area (Å²) in [6.07, 6.45) is 1.66. The fourth-order valence-corrected chi connectivity index (χ4v) is 2.88. The Labute approximate surface area is 162 Å². The van der Waals surface area contributed by atoms with Crippen molar-refractivity contribution in [2.75, 3.05) is 6.61 Å². The second kappa shape index (κ2) is 8.59. The van der Waals surface area contributed by atoms with Gasteiger partial charge in [-0.05, 0) is 38.2 Å². The maximum atomic E-state index is 12.5. The first kappa shape index (κ1) is 18.8. The molecule has 2 aromatic heterocycles. The van der Waals surface area contributed by atoms with Crippen LogP contribution in [0.3, 0.4) is 0 Å². The minimum atomic E-state index is -0.173. The average Bonchev–Trinajstić information content (AvgIpc) is 3.02. The minimum Gasteiger partial charge on any atom is -0.478 e. The second-order valence-corrected chi connectivity index (χ2v) is 6.37. The van der Waals surface area contributed by atoms with Crippen LogP contribution in [-0.4, -0.2) is 32.3 Å². The monoisotopic (exact) mass is 383 g/mol. The molecule has 0 radical (unpaired) electrons. The molecular weight excluding hydrogens is 362 g/mol. The number of hydrogen-bond donors (Lipinski definition) is 2. The van der Waals surface area contributed by atoms with Crippen LogP contribution in [0.15, 0.2) is 42.6 Å². The van der Waals surface area contributed by atoms with Crippen molar-refractivity contribution in [2.45, 2.75) is 26.9 Å². The highest BCUT2D eigenvalue weighted by molar-refractivity contribution is 7.71. The third kappa shape index (κ3) is 4.59. The summed E-state index contributed by atoms with van der Waals surface area (Å²) in [4.78, 5) is 16.7. The normalized spacial score (nSPS) is 10.6. The zero-order valence-corrected chi connectivity index (χ0v) is 16.0. The molecule has 0 aliphatic rings. The molecule has 8 heteroatoms. The van der Waals surface area contributed by atoms with E-state index >= 15 is 0 Å². The molecule has 0 spiro atoms. The average molecular weight is 383 g/mol. The molecule has 0 fully saturated rings. The summed E-state index contributed by atoms with van der Waals surface area (Å²) in [5, 5.41) is 9.92. The Bertz CT molecular complexity index is 996. The van der Waals surface area contributed by atoms with Crippen molar-refractivity contribution in [3.8, 4) is 17.3 Å². The number of benzene rings is 1. The smallest absolute Gasteiger partial charge is 0.240 e. The first-order chi connectivity index (χ1) is 13.1. The number of nitrogens with one attached hydrogen (secondary N) is 2. The summed E-state index contributed by atoms with van der Waals surface area (Å²) < 4.78 is 7.57. The largest absolute Gasteiger partial charge is 0.478 e. The standard InChI is InChI=1S/C19H21N5O2S/c1-3-26-18-15(8-5-9-20-18)11-21-16(25)12-24-17(22-23-19(24)27)14-7-4-6-13(2)10-14/h4-10H,3,11-12H2,1-2H3,(H,21,25)(H,23,27). The van der Waals surface area contributed by atoms with Gasteiger partial charge in [0.05, 0.1) is 6.61 Å². The molecule has 0 bridgehead atoms. The number of carbonyl (C=O) groups excluding carboxylic acids is 1. The van der Waals surface area contributed by atoms with Crippen LogP contribution in [0.1, 0.15) is 18.1 Å². The number of aromatic amines is 1. The van der Waals surface area contributed by atoms with Gasteiger partial charge in [0.15, 0.2) is 10.6 Å². The number of amides is 1. The van der Waals surface area contributed by atoms with Gasteiger partial charge < -0.3 is 10.1 Å². The Kier molecular flexibility index (Phi) is 5.97. The minimum absolute atomic E-state index is 0.0723. The SMILES string of the molecule is CCOc1ncccc1CNC(=O)Cn1c(-c2cccc(C)c2)n[nH]c1=S. The molecule has 27 heavy (non-hydrogen) atoms. The molecule has 3 rings (SSSR count). The Morgan fingerprint density at radius 2 is 2.19 bits per heavy atom. The first-order valence-electron chi connectivity index (χ1n) is 8.64. The highest BCUT2D eigenvalue weighted by Gasteiger charge is 2.13. The number of rotatable bonds is 7. The first-order valence-corrected chi connectivity index (χ1v) is 9.05. The zero-order chi connectivity index (χ0) is 19.2. The second-order valence-electron chi connectivity index (χ2n) is 5.99. The van der Waals surface area contributed by atoms with Crippen LogP contribution < -0.4 is 10.1 Å². The van der Waals surface area contributed by atoms with E-state index in [0.717, 1.165) is 16.7 Å². The Morgan fingerprint density at radius 3 is 2.96 bits per heavy atom. The number of pyridine rings is 1. The van der Waals surface area contributed by atoms with E-state index < -0.39 is 0 Å². The Balaban J connectivity index is 1.72. The topological polar surface area (TPSA) is 84.8 Å². The summed E-state index contributed by atoms with van der Waals surface area (Å²) >= 11 is 5.29. The maximum absolute atomic E-state index is 12.5. The molecule has 140 valence electrons. The molecule has 7 nitrogen and oxygen atoms in total. The molecule has 2 heterocycles. The lowest BCUT2D eigenvalue weighted by Crippen LogP contribution is -2.27. The number of aromatic nitrogens is 4. The van der Waals surface area contributed by atoms with Gasteiger partial charge in [-0.1, -0.05) is 29.8 Å². The summed E-state index contributed by atoms with van der Waals surface area (Å²) in [6, 6.07) is 11.6. The molecule has 1 aromatic carbocycles. The number of aryl methyl sites for hydroxylation is 1. The molecule has 0 atom stereocenters. The lowest BCUT2D eigenvalue weighted by Gasteiger charge is -2.11. The molecule has 0 aliphatic carbocycles. The predicted molar refractivity (Wildman–Crippen MR) is 105 cm³/mol. The van der Waals surface area contributed by atoms with Crippen molar-refractivity contribution in [1.29, 1.82) is 0 Å². The molecule has 0 saturated heterocycles. The summed E-state index contributed by atoms with van der Waals surface area (Å²) in [7, 11) is 0. The van der Waals surface area contributed by atoms with Crippen molar-refractivity contribution in [3.63, 3.8) is 0 Å². The van der Waals surface area contributed by atoms with Crippen molar-refractivity contribution in [3.05, 3.63) is 58.5 Å².